The minimum atomic E-state index is -0.913. The van der Waals surface area contributed by atoms with Gasteiger partial charge in [0.15, 0.2) is 0 Å². The highest BCUT2D eigenvalue weighted by atomic mass is 16.6. The van der Waals surface area contributed by atoms with Crippen LogP contribution in [0.2, 0.25) is 0 Å². The second kappa shape index (κ2) is 14.7. The van der Waals surface area contributed by atoms with Crippen LogP contribution in [-0.4, -0.2) is 53.6 Å². The second-order valence-electron chi connectivity index (χ2n) is 11.9. The zero-order valence-electron chi connectivity index (χ0n) is 24.6. The largest absolute Gasteiger partial charge is 0.489 e. The van der Waals surface area contributed by atoms with Crippen molar-refractivity contribution < 1.29 is 23.9 Å². The van der Waals surface area contributed by atoms with Gasteiger partial charge < -0.3 is 25.0 Å². The summed E-state index contributed by atoms with van der Waals surface area (Å²) in [5.74, 6) is -0.0302. The van der Waals surface area contributed by atoms with Crippen molar-refractivity contribution in [1.29, 1.82) is 0 Å². The molecule has 2 N–H and O–H groups in total. The molecule has 8 nitrogen and oxygen atoms in total. The van der Waals surface area contributed by atoms with Gasteiger partial charge >= 0.3 is 12.0 Å². The molecule has 1 saturated heterocycles. The standard InChI is InChI=1S/C32H45N3O5/c1-23(2)20-27(34-31(38)35-18-10-7-11-19-35)29(36)33-28(30(37)40-32(3,4)5)21-24-14-16-26(17-15-24)39-22-25-12-8-6-9-13-25/h6,8-9,12-17,23,27-28H,7,10-11,18-22H2,1-5H3,(H,33,36)(H,34,38)/t27-,28-/m0/s1. The van der Waals surface area contributed by atoms with Crippen molar-refractivity contribution in [2.75, 3.05) is 13.1 Å². The molecule has 1 fully saturated rings. The number of rotatable bonds is 11. The van der Waals surface area contributed by atoms with Gasteiger partial charge in [0.1, 0.15) is 30.0 Å². The third-order valence-corrected chi connectivity index (χ3v) is 6.58. The molecular weight excluding hydrogens is 506 g/mol. The molecule has 0 radical (unpaired) electrons. The second-order valence-corrected chi connectivity index (χ2v) is 11.9. The fourth-order valence-electron chi connectivity index (χ4n) is 4.58. The molecule has 40 heavy (non-hydrogen) atoms. The third kappa shape index (κ3) is 10.5. The molecule has 2 aromatic carbocycles. The first-order valence-corrected chi connectivity index (χ1v) is 14.3. The number of amides is 3. The summed E-state index contributed by atoms with van der Waals surface area (Å²) in [5.41, 5.74) is 1.21. The van der Waals surface area contributed by atoms with Crippen LogP contribution in [-0.2, 0) is 27.4 Å². The highest BCUT2D eigenvalue weighted by Gasteiger charge is 2.31. The number of piperidine rings is 1. The summed E-state index contributed by atoms with van der Waals surface area (Å²) in [6.45, 7) is 11.2. The Kier molecular flexibility index (Phi) is 11.4. The highest BCUT2D eigenvalue weighted by molar-refractivity contribution is 5.90. The summed E-state index contributed by atoms with van der Waals surface area (Å²) in [4.78, 5) is 41.3. The lowest BCUT2D eigenvalue weighted by Crippen LogP contribution is -2.56. The molecule has 1 aliphatic heterocycles. The van der Waals surface area contributed by atoms with Crippen LogP contribution in [0.3, 0.4) is 0 Å². The molecule has 3 rings (SSSR count). The van der Waals surface area contributed by atoms with Crippen LogP contribution >= 0.6 is 0 Å². The van der Waals surface area contributed by atoms with Gasteiger partial charge in [0.25, 0.3) is 0 Å². The Labute approximate surface area is 238 Å². The van der Waals surface area contributed by atoms with Crippen molar-refractivity contribution in [3.63, 3.8) is 0 Å². The first-order chi connectivity index (χ1) is 19.0. The van der Waals surface area contributed by atoms with Gasteiger partial charge in [-0.05, 0) is 75.6 Å². The van der Waals surface area contributed by atoms with E-state index in [9.17, 15) is 14.4 Å². The van der Waals surface area contributed by atoms with E-state index in [0.717, 1.165) is 30.4 Å². The minimum absolute atomic E-state index is 0.167. The van der Waals surface area contributed by atoms with Crippen molar-refractivity contribution >= 4 is 17.9 Å². The number of ether oxygens (including phenoxy) is 2. The summed E-state index contributed by atoms with van der Waals surface area (Å²) >= 11 is 0. The number of likely N-dealkylation sites (tertiary alicyclic amines) is 1. The van der Waals surface area contributed by atoms with E-state index in [1.165, 1.54) is 0 Å². The number of urea groups is 1. The molecule has 1 heterocycles. The average Bonchev–Trinajstić information content (AvgIpc) is 2.91. The predicted octanol–water partition coefficient (Wildman–Crippen LogP) is 5.24. The summed E-state index contributed by atoms with van der Waals surface area (Å²) in [6.07, 6.45) is 3.74. The van der Waals surface area contributed by atoms with Crippen LogP contribution in [0.1, 0.15) is 71.4 Å². The van der Waals surface area contributed by atoms with E-state index >= 15 is 0 Å². The zero-order chi connectivity index (χ0) is 29.1. The monoisotopic (exact) mass is 551 g/mol. The fraction of sp³-hybridized carbons (Fsp3) is 0.531. The Bertz CT molecular complexity index is 1090. The fourth-order valence-corrected chi connectivity index (χ4v) is 4.58. The molecule has 0 spiro atoms. The number of nitrogens with one attached hydrogen (secondary N) is 2. The maximum absolute atomic E-state index is 13.5. The van der Waals surface area contributed by atoms with E-state index in [2.05, 4.69) is 10.6 Å². The van der Waals surface area contributed by atoms with Crippen LogP contribution in [0.15, 0.2) is 54.6 Å². The van der Waals surface area contributed by atoms with Crippen LogP contribution in [0.4, 0.5) is 4.79 Å². The molecule has 0 unspecified atom stereocenters. The van der Waals surface area contributed by atoms with Gasteiger partial charge in [0.05, 0.1) is 0 Å². The maximum atomic E-state index is 13.5. The molecule has 0 aliphatic carbocycles. The molecule has 3 amide bonds. The van der Waals surface area contributed by atoms with Crippen molar-refractivity contribution in [2.24, 2.45) is 5.92 Å². The Balaban J connectivity index is 1.69. The molecule has 1 aliphatic rings. The molecular formula is C32H45N3O5. The lowest BCUT2D eigenvalue weighted by atomic mass is 10.0. The van der Waals surface area contributed by atoms with E-state index in [-0.39, 0.29) is 18.4 Å². The van der Waals surface area contributed by atoms with Gasteiger partial charge in [0.2, 0.25) is 5.91 Å². The van der Waals surface area contributed by atoms with E-state index in [0.29, 0.717) is 31.9 Å². The quantitative estimate of drug-likeness (QED) is 0.372. The number of esters is 1. The van der Waals surface area contributed by atoms with Gasteiger partial charge in [0, 0.05) is 19.5 Å². The first-order valence-electron chi connectivity index (χ1n) is 14.3. The normalized spacial score (nSPS) is 15.2. The summed E-state index contributed by atoms with van der Waals surface area (Å²) in [7, 11) is 0. The average molecular weight is 552 g/mol. The molecule has 2 atom stereocenters. The van der Waals surface area contributed by atoms with Gasteiger partial charge in [-0.2, -0.15) is 0 Å². The number of benzene rings is 2. The number of hydrogen-bond acceptors (Lipinski definition) is 5. The summed E-state index contributed by atoms with van der Waals surface area (Å²) in [6, 6.07) is 15.5. The number of carbonyl (C=O) groups excluding carboxylic acids is 3. The SMILES string of the molecule is CC(C)C[C@H](NC(=O)N1CCCCC1)C(=O)N[C@@H](Cc1ccc(OCc2ccccc2)cc1)C(=O)OC(C)(C)C. The van der Waals surface area contributed by atoms with E-state index < -0.39 is 29.6 Å². The predicted molar refractivity (Wildman–Crippen MR) is 156 cm³/mol. The minimum Gasteiger partial charge on any atom is -0.489 e. The van der Waals surface area contributed by atoms with Crippen LogP contribution in [0, 0.1) is 5.92 Å². The first kappa shape index (κ1) is 31.0. The third-order valence-electron chi connectivity index (χ3n) is 6.58. The van der Waals surface area contributed by atoms with Gasteiger partial charge in [-0.15, -0.1) is 0 Å². The molecule has 8 heteroatoms. The number of carbonyl (C=O) groups is 3. The Morgan fingerprint density at radius 1 is 0.850 bits per heavy atom. The topological polar surface area (TPSA) is 97.0 Å². The van der Waals surface area contributed by atoms with Gasteiger partial charge in [-0.3, -0.25) is 4.79 Å². The summed E-state index contributed by atoms with van der Waals surface area (Å²) in [5, 5.41) is 5.80. The molecule has 0 saturated carbocycles. The van der Waals surface area contributed by atoms with E-state index in [4.69, 9.17) is 9.47 Å². The lowest BCUT2D eigenvalue weighted by Gasteiger charge is -2.30. The number of nitrogens with zero attached hydrogens (tertiary/aromatic N) is 1. The number of hydrogen-bond donors (Lipinski definition) is 2. The maximum Gasteiger partial charge on any atom is 0.329 e. The molecule has 0 aromatic heterocycles. The van der Waals surface area contributed by atoms with Gasteiger partial charge in [-0.1, -0.05) is 56.3 Å². The lowest BCUT2D eigenvalue weighted by molar-refractivity contribution is -0.158. The Hall–Kier alpha value is -3.55. The highest BCUT2D eigenvalue weighted by Crippen LogP contribution is 2.18. The molecule has 218 valence electrons. The molecule has 2 aromatic rings. The summed E-state index contributed by atoms with van der Waals surface area (Å²) < 4.78 is 11.5. The van der Waals surface area contributed by atoms with E-state index in [1.807, 2.05) is 68.4 Å². The van der Waals surface area contributed by atoms with Crippen LogP contribution < -0.4 is 15.4 Å². The van der Waals surface area contributed by atoms with Crippen molar-refractivity contribution in [2.45, 2.75) is 91.0 Å². The Morgan fingerprint density at radius 2 is 1.50 bits per heavy atom. The smallest absolute Gasteiger partial charge is 0.329 e. The van der Waals surface area contributed by atoms with Crippen LogP contribution in [0.5, 0.6) is 5.75 Å². The van der Waals surface area contributed by atoms with Gasteiger partial charge in [-0.25, -0.2) is 9.59 Å². The molecule has 0 bridgehead atoms. The van der Waals surface area contributed by atoms with Crippen LogP contribution in [0.25, 0.3) is 0 Å². The van der Waals surface area contributed by atoms with E-state index in [1.54, 1.807) is 25.7 Å². The van der Waals surface area contributed by atoms with Crippen molar-refractivity contribution in [1.82, 2.24) is 15.5 Å². The zero-order valence-corrected chi connectivity index (χ0v) is 24.6. The Morgan fingerprint density at radius 3 is 2.10 bits per heavy atom. The van der Waals surface area contributed by atoms with Crippen molar-refractivity contribution in [3.8, 4) is 5.75 Å². The van der Waals surface area contributed by atoms with Crippen molar-refractivity contribution in [3.05, 3.63) is 65.7 Å².